The van der Waals surface area contributed by atoms with Crippen molar-refractivity contribution in [3.8, 4) is 0 Å². The highest BCUT2D eigenvalue weighted by atomic mass is 16.5. The van der Waals surface area contributed by atoms with Crippen molar-refractivity contribution in [2.24, 2.45) is 11.8 Å². The fourth-order valence-corrected chi connectivity index (χ4v) is 2.19. The molecule has 2 nitrogen and oxygen atoms in total. The molecule has 0 N–H and O–H groups in total. The highest BCUT2D eigenvalue weighted by Crippen LogP contribution is 2.34. The first-order valence-corrected chi connectivity index (χ1v) is 5.39. The number of rotatable bonds is 4. The molecule has 2 heteroatoms. The van der Waals surface area contributed by atoms with Crippen LogP contribution in [0.2, 0.25) is 0 Å². The molecule has 2 unspecified atom stereocenters. The Bertz CT molecular complexity index is 165. The summed E-state index contributed by atoms with van der Waals surface area (Å²) in [5.74, 6) is 1.56. The van der Waals surface area contributed by atoms with Crippen molar-refractivity contribution in [1.82, 2.24) is 0 Å². The van der Waals surface area contributed by atoms with Gasteiger partial charge in [0, 0.05) is 6.42 Å². The Morgan fingerprint density at radius 3 is 2.77 bits per heavy atom. The van der Waals surface area contributed by atoms with Crippen molar-refractivity contribution >= 4 is 5.97 Å². The first kappa shape index (κ1) is 10.6. The zero-order valence-corrected chi connectivity index (χ0v) is 8.71. The van der Waals surface area contributed by atoms with E-state index in [4.69, 9.17) is 4.74 Å². The number of hydrogen-bond donors (Lipinski definition) is 0. The summed E-state index contributed by atoms with van der Waals surface area (Å²) >= 11 is 0. The Labute approximate surface area is 80.7 Å². The molecule has 0 bridgehead atoms. The third-order valence-corrected chi connectivity index (χ3v) is 3.06. The van der Waals surface area contributed by atoms with Crippen LogP contribution in [0.5, 0.6) is 0 Å². The average Bonchev–Trinajstić information content (AvgIpc) is 2.48. The first-order chi connectivity index (χ1) is 6.24. The van der Waals surface area contributed by atoms with Gasteiger partial charge in [0.15, 0.2) is 0 Å². The molecule has 1 aliphatic rings. The highest BCUT2D eigenvalue weighted by Gasteiger charge is 2.23. The topological polar surface area (TPSA) is 26.3 Å². The quantitative estimate of drug-likeness (QED) is 0.628. The van der Waals surface area contributed by atoms with E-state index < -0.39 is 0 Å². The second-order valence-corrected chi connectivity index (χ2v) is 4.01. The fraction of sp³-hybridized carbons (Fsp3) is 0.909. The maximum Gasteiger partial charge on any atom is 0.305 e. The van der Waals surface area contributed by atoms with Crippen LogP contribution in [0.15, 0.2) is 0 Å². The lowest BCUT2D eigenvalue weighted by atomic mass is 9.93. The lowest BCUT2D eigenvalue weighted by Crippen LogP contribution is -2.09. The van der Waals surface area contributed by atoms with Gasteiger partial charge in [0.2, 0.25) is 0 Å². The first-order valence-electron chi connectivity index (χ1n) is 5.39. The van der Waals surface area contributed by atoms with E-state index >= 15 is 0 Å². The van der Waals surface area contributed by atoms with Crippen molar-refractivity contribution in [2.75, 3.05) is 6.61 Å². The standard InChI is InChI=1S/C11H20O2/c1-3-13-11(12)8-7-10-6-4-5-9(10)2/h9-10H,3-8H2,1-2H3. The summed E-state index contributed by atoms with van der Waals surface area (Å²) in [4.78, 5) is 11.1. The molecule has 1 rings (SSSR count). The van der Waals surface area contributed by atoms with Crippen molar-refractivity contribution in [3.05, 3.63) is 0 Å². The Kier molecular flexibility index (Phi) is 4.26. The second kappa shape index (κ2) is 5.25. The summed E-state index contributed by atoms with van der Waals surface area (Å²) in [7, 11) is 0. The van der Waals surface area contributed by atoms with Gasteiger partial charge in [-0.1, -0.05) is 26.2 Å². The van der Waals surface area contributed by atoms with Gasteiger partial charge in [0.05, 0.1) is 6.61 Å². The van der Waals surface area contributed by atoms with Crippen LogP contribution in [0.1, 0.15) is 46.0 Å². The van der Waals surface area contributed by atoms with Crippen LogP contribution in [-0.2, 0) is 9.53 Å². The summed E-state index contributed by atoms with van der Waals surface area (Å²) < 4.78 is 4.90. The van der Waals surface area contributed by atoms with Crippen molar-refractivity contribution in [3.63, 3.8) is 0 Å². The van der Waals surface area contributed by atoms with Crippen LogP contribution in [0.3, 0.4) is 0 Å². The van der Waals surface area contributed by atoms with Crippen LogP contribution in [0.4, 0.5) is 0 Å². The predicted octanol–water partition coefficient (Wildman–Crippen LogP) is 2.77. The third kappa shape index (κ3) is 3.37. The van der Waals surface area contributed by atoms with Crippen molar-refractivity contribution < 1.29 is 9.53 Å². The maximum absolute atomic E-state index is 11.1. The second-order valence-electron chi connectivity index (χ2n) is 4.01. The van der Waals surface area contributed by atoms with Crippen LogP contribution < -0.4 is 0 Å². The van der Waals surface area contributed by atoms with Gasteiger partial charge in [-0.3, -0.25) is 4.79 Å². The van der Waals surface area contributed by atoms with Crippen LogP contribution in [-0.4, -0.2) is 12.6 Å². The minimum atomic E-state index is -0.0263. The molecule has 0 aliphatic heterocycles. The molecule has 1 aliphatic carbocycles. The minimum absolute atomic E-state index is 0.0263. The zero-order valence-electron chi connectivity index (χ0n) is 8.71. The van der Waals surface area contributed by atoms with E-state index in [1.54, 1.807) is 0 Å². The molecule has 0 aromatic heterocycles. The van der Waals surface area contributed by atoms with Crippen LogP contribution >= 0.6 is 0 Å². The maximum atomic E-state index is 11.1. The SMILES string of the molecule is CCOC(=O)CCC1CCCC1C. The predicted molar refractivity (Wildman–Crippen MR) is 52.4 cm³/mol. The molecule has 0 aromatic rings. The summed E-state index contributed by atoms with van der Waals surface area (Å²) in [6.45, 7) is 4.66. The Balaban J connectivity index is 2.14. The van der Waals surface area contributed by atoms with E-state index in [9.17, 15) is 4.79 Å². The normalized spacial score (nSPS) is 27.5. The van der Waals surface area contributed by atoms with Gasteiger partial charge in [0.1, 0.15) is 0 Å². The molecule has 0 saturated heterocycles. The minimum Gasteiger partial charge on any atom is -0.466 e. The molecule has 0 amide bonds. The van der Waals surface area contributed by atoms with E-state index in [-0.39, 0.29) is 5.97 Å². The molecular weight excluding hydrogens is 164 g/mol. The molecule has 0 aromatic carbocycles. The molecule has 0 radical (unpaired) electrons. The van der Waals surface area contributed by atoms with E-state index in [0.29, 0.717) is 13.0 Å². The van der Waals surface area contributed by atoms with Crippen LogP contribution in [0.25, 0.3) is 0 Å². The van der Waals surface area contributed by atoms with E-state index in [1.807, 2.05) is 6.92 Å². The number of carbonyl (C=O) groups excluding carboxylic acids is 1. The number of hydrogen-bond acceptors (Lipinski definition) is 2. The zero-order chi connectivity index (χ0) is 9.68. The van der Waals surface area contributed by atoms with E-state index in [0.717, 1.165) is 18.3 Å². The molecule has 0 heterocycles. The van der Waals surface area contributed by atoms with Gasteiger partial charge in [-0.2, -0.15) is 0 Å². The molecule has 76 valence electrons. The molecule has 2 atom stereocenters. The average molecular weight is 184 g/mol. The Hall–Kier alpha value is -0.530. The van der Waals surface area contributed by atoms with Gasteiger partial charge in [-0.25, -0.2) is 0 Å². The van der Waals surface area contributed by atoms with Gasteiger partial charge >= 0.3 is 5.97 Å². The van der Waals surface area contributed by atoms with Gasteiger partial charge in [-0.05, 0) is 25.2 Å². The number of carbonyl (C=O) groups is 1. The fourth-order valence-electron chi connectivity index (χ4n) is 2.19. The summed E-state index contributed by atoms with van der Waals surface area (Å²) in [6, 6.07) is 0. The largest absolute Gasteiger partial charge is 0.466 e. The smallest absolute Gasteiger partial charge is 0.305 e. The van der Waals surface area contributed by atoms with Gasteiger partial charge in [0.25, 0.3) is 0 Å². The van der Waals surface area contributed by atoms with Crippen molar-refractivity contribution in [1.29, 1.82) is 0 Å². The summed E-state index contributed by atoms with van der Waals surface area (Å²) in [5, 5.41) is 0. The van der Waals surface area contributed by atoms with Crippen molar-refractivity contribution in [2.45, 2.75) is 46.0 Å². The highest BCUT2D eigenvalue weighted by molar-refractivity contribution is 5.69. The summed E-state index contributed by atoms with van der Waals surface area (Å²) in [5.41, 5.74) is 0. The third-order valence-electron chi connectivity index (χ3n) is 3.06. The van der Waals surface area contributed by atoms with Gasteiger partial charge < -0.3 is 4.74 Å². The monoisotopic (exact) mass is 184 g/mol. The molecule has 1 fully saturated rings. The molecular formula is C11H20O2. The van der Waals surface area contributed by atoms with Crippen LogP contribution in [0, 0.1) is 11.8 Å². The van der Waals surface area contributed by atoms with Gasteiger partial charge in [-0.15, -0.1) is 0 Å². The molecule has 0 spiro atoms. The van der Waals surface area contributed by atoms with E-state index in [1.165, 1.54) is 19.3 Å². The summed E-state index contributed by atoms with van der Waals surface area (Å²) in [6.07, 6.45) is 5.63. The Morgan fingerprint density at radius 2 is 2.23 bits per heavy atom. The number of ether oxygens (including phenoxy) is 1. The number of esters is 1. The molecule has 1 saturated carbocycles. The lowest BCUT2D eigenvalue weighted by Gasteiger charge is -2.13. The Morgan fingerprint density at radius 1 is 1.46 bits per heavy atom. The van der Waals surface area contributed by atoms with E-state index in [2.05, 4.69) is 6.92 Å². The lowest BCUT2D eigenvalue weighted by molar-refractivity contribution is -0.143. The molecule has 13 heavy (non-hydrogen) atoms.